The van der Waals surface area contributed by atoms with Gasteiger partial charge in [-0.3, -0.25) is 9.69 Å². The highest BCUT2D eigenvalue weighted by Crippen LogP contribution is 2.33. The number of hydrogen-bond donors (Lipinski definition) is 1. The maximum atomic E-state index is 9.07. The molecule has 1 heterocycles. The van der Waals surface area contributed by atoms with Crippen LogP contribution in [0.1, 0.15) is 22.4 Å². The highest BCUT2D eigenvalue weighted by atomic mass is 15.5. The van der Waals surface area contributed by atoms with Gasteiger partial charge in [0.2, 0.25) is 0 Å². The second-order valence-corrected chi connectivity index (χ2v) is 10.3. The van der Waals surface area contributed by atoms with Crippen LogP contribution in [0.4, 0.5) is 0 Å². The summed E-state index contributed by atoms with van der Waals surface area (Å²) >= 11 is 0. The van der Waals surface area contributed by atoms with E-state index in [1.165, 1.54) is 0 Å². The molecular formula is C40H33N3. The first kappa shape index (κ1) is 27.5. The van der Waals surface area contributed by atoms with Crippen LogP contribution in [0.25, 0.3) is 50.3 Å². The average molecular weight is 556 g/mol. The van der Waals surface area contributed by atoms with Gasteiger partial charge >= 0.3 is 0 Å². The van der Waals surface area contributed by atoms with E-state index >= 15 is 0 Å². The molecule has 208 valence electrons. The minimum Gasteiger partial charge on any atom is -0.300 e. The number of fused-ring (bicyclic) bond motifs is 5. The minimum absolute atomic E-state index is 0.424. The van der Waals surface area contributed by atoms with Gasteiger partial charge in [-0.15, -0.1) is 0 Å². The molecule has 0 aliphatic rings. The smallest absolute Gasteiger partial charge is 0.0711 e. The van der Waals surface area contributed by atoms with Crippen LogP contribution in [-0.4, -0.2) is 17.4 Å². The molecule has 6 aromatic rings. The molecule has 5 aromatic carbocycles. The molecule has 0 bridgehead atoms. The first-order valence-electron chi connectivity index (χ1n) is 14.3. The fourth-order valence-electron chi connectivity index (χ4n) is 5.83. The Bertz CT molecular complexity index is 2080. The summed E-state index contributed by atoms with van der Waals surface area (Å²) in [4.78, 5) is 0. The van der Waals surface area contributed by atoms with E-state index in [1.807, 2.05) is 73.8 Å². The molecule has 0 saturated carbocycles. The summed E-state index contributed by atoms with van der Waals surface area (Å²) < 4.78 is 2.20. The van der Waals surface area contributed by atoms with Crippen LogP contribution < -0.4 is 5.01 Å². The Morgan fingerprint density at radius 1 is 0.581 bits per heavy atom. The van der Waals surface area contributed by atoms with Gasteiger partial charge < -0.3 is 5.41 Å². The van der Waals surface area contributed by atoms with E-state index in [9.17, 15) is 0 Å². The van der Waals surface area contributed by atoms with Gasteiger partial charge in [-0.05, 0) is 50.9 Å². The number of aromatic nitrogens is 1. The Hall–Kier alpha value is -5.67. The highest BCUT2D eigenvalue weighted by Gasteiger charge is 2.17. The fraction of sp³-hybridized carbons (Fsp3) is 0.0250. The summed E-state index contributed by atoms with van der Waals surface area (Å²) in [6.07, 6.45) is 5.77. The molecular weight excluding hydrogens is 522 g/mol. The van der Waals surface area contributed by atoms with Crippen LogP contribution in [0, 0.1) is 5.41 Å². The van der Waals surface area contributed by atoms with Crippen LogP contribution in [0.5, 0.6) is 0 Å². The van der Waals surface area contributed by atoms with Crippen molar-refractivity contribution >= 4 is 56.0 Å². The summed E-state index contributed by atoms with van der Waals surface area (Å²) in [5.41, 5.74) is 5.98. The van der Waals surface area contributed by atoms with E-state index < -0.39 is 0 Å². The van der Waals surface area contributed by atoms with Crippen LogP contribution in [-0.2, 0) is 0 Å². The lowest BCUT2D eigenvalue weighted by molar-refractivity contribution is 0.800. The number of rotatable bonds is 7. The molecule has 0 spiro atoms. The van der Waals surface area contributed by atoms with Crippen molar-refractivity contribution in [3.63, 3.8) is 0 Å². The molecule has 0 saturated heterocycles. The summed E-state index contributed by atoms with van der Waals surface area (Å²) in [5, 5.41) is 16.8. The van der Waals surface area contributed by atoms with E-state index in [4.69, 9.17) is 5.41 Å². The number of hydrogen-bond acceptors (Lipinski definition) is 2. The van der Waals surface area contributed by atoms with E-state index in [0.29, 0.717) is 5.71 Å². The second-order valence-electron chi connectivity index (χ2n) is 10.3. The number of benzene rings is 5. The molecule has 0 radical (unpaired) electrons. The Kier molecular flexibility index (Phi) is 7.71. The maximum Gasteiger partial charge on any atom is 0.0711 e. The average Bonchev–Trinajstić information content (AvgIpc) is 3.11. The fourth-order valence-corrected chi connectivity index (χ4v) is 5.83. The van der Waals surface area contributed by atoms with Gasteiger partial charge in [-0.2, -0.15) is 0 Å². The topological polar surface area (TPSA) is 32.0 Å². The molecule has 43 heavy (non-hydrogen) atoms. The lowest BCUT2D eigenvalue weighted by Gasteiger charge is -2.29. The summed E-state index contributed by atoms with van der Waals surface area (Å²) in [7, 11) is 2.05. The van der Waals surface area contributed by atoms with Gasteiger partial charge in [0.25, 0.3) is 0 Å². The number of allylic oxidation sites excluding steroid dienone is 1. The van der Waals surface area contributed by atoms with Crippen molar-refractivity contribution in [1.29, 1.82) is 5.41 Å². The quantitative estimate of drug-likeness (QED) is 0.195. The number of nitrogens with one attached hydrogen (secondary N) is 1. The molecule has 0 fully saturated rings. The van der Waals surface area contributed by atoms with E-state index in [0.717, 1.165) is 60.5 Å². The third kappa shape index (κ3) is 5.13. The van der Waals surface area contributed by atoms with Crippen molar-refractivity contribution in [3.05, 3.63) is 175 Å². The second kappa shape index (κ2) is 12.1. The highest BCUT2D eigenvalue weighted by molar-refractivity contribution is 6.16. The molecule has 1 aromatic heterocycles. The van der Waals surface area contributed by atoms with Gasteiger partial charge in [0.15, 0.2) is 0 Å². The zero-order chi connectivity index (χ0) is 29.8. The maximum absolute atomic E-state index is 9.07. The molecule has 0 amide bonds. The third-order valence-corrected chi connectivity index (χ3v) is 7.84. The van der Waals surface area contributed by atoms with Crippen LogP contribution in [0.2, 0.25) is 0 Å². The number of para-hydroxylation sites is 1. The molecule has 6 rings (SSSR count). The van der Waals surface area contributed by atoms with E-state index in [-0.39, 0.29) is 0 Å². The van der Waals surface area contributed by atoms with Gasteiger partial charge in [-0.1, -0.05) is 147 Å². The Morgan fingerprint density at radius 3 is 1.63 bits per heavy atom. The molecule has 0 aliphatic carbocycles. The van der Waals surface area contributed by atoms with Crippen LogP contribution in [0.15, 0.2) is 153 Å². The van der Waals surface area contributed by atoms with Crippen molar-refractivity contribution in [3.8, 4) is 0 Å². The predicted octanol–water partition coefficient (Wildman–Crippen LogP) is 10.0. The van der Waals surface area contributed by atoms with Crippen molar-refractivity contribution in [2.45, 2.75) is 0 Å². The first-order valence-corrected chi connectivity index (χ1v) is 14.3. The summed E-state index contributed by atoms with van der Waals surface area (Å²) in [5.74, 6) is 0. The SMILES string of the molecule is C=Cc1c(C=C)n(N(C)/C(=C\C(=N)c2ccccc2)c2ccccc2)c2ccccc2c2ccccc2c2ccccc12. The molecule has 3 heteroatoms. The van der Waals surface area contributed by atoms with Crippen LogP contribution >= 0.6 is 0 Å². The van der Waals surface area contributed by atoms with E-state index in [2.05, 4.69) is 108 Å². The Balaban J connectivity index is 1.81. The molecule has 1 N–H and O–H groups in total. The standard InChI is InChI=1S/C40H33N3/c1-4-31-32-22-12-13-23-33(32)34-24-14-15-25-35(34)36-26-16-17-27-39(36)43(38(31)5-2)42(3)40(30-20-10-7-11-21-30)28-37(41)29-18-8-6-9-19-29/h4-28,41H,1-2H2,3H3/b38-31?,40-28-,41-37?. The van der Waals surface area contributed by atoms with Crippen LogP contribution in [0.3, 0.4) is 0 Å². The molecule has 0 aliphatic heterocycles. The summed E-state index contributed by atoms with van der Waals surface area (Å²) in [6.45, 7) is 8.60. The molecule has 3 nitrogen and oxygen atoms in total. The van der Waals surface area contributed by atoms with Crippen molar-refractivity contribution in [1.82, 2.24) is 4.68 Å². The monoisotopic (exact) mass is 555 g/mol. The van der Waals surface area contributed by atoms with E-state index in [1.54, 1.807) is 0 Å². The molecule has 0 atom stereocenters. The van der Waals surface area contributed by atoms with Gasteiger partial charge in [-0.25, -0.2) is 0 Å². The number of nitrogens with zero attached hydrogens (tertiary/aromatic N) is 2. The van der Waals surface area contributed by atoms with Gasteiger partial charge in [0.05, 0.1) is 22.6 Å². The normalized spacial score (nSPS) is 11.3. The predicted molar refractivity (Wildman–Crippen MR) is 187 cm³/mol. The Morgan fingerprint density at radius 2 is 1.05 bits per heavy atom. The van der Waals surface area contributed by atoms with Crippen molar-refractivity contribution in [2.75, 3.05) is 12.1 Å². The van der Waals surface area contributed by atoms with Gasteiger partial charge in [0.1, 0.15) is 0 Å². The first-order chi connectivity index (χ1) is 21.1. The molecule has 0 unspecified atom stereocenters. The summed E-state index contributed by atoms with van der Waals surface area (Å²) in [6, 6.07) is 45.6. The van der Waals surface area contributed by atoms with Gasteiger partial charge in [0, 0.05) is 18.0 Å². The Labute approximate surface area is 252 Å². The lowest BCUT2D eigenvalue weighted by Crippen LogP contribution is -2.31. The zero-order valence-corrected chi connectivity index (χ0v) is 24.2. The van der Waals surface area contributed by atoms with Crippen molar-refractivity contribution < 1.29 is 0 Å². The zero-order valence-electron chi connectivity index (χ0n) is 24.2. The minimum atomic E-state index is 0.424. The third-order valence-electron chi connectivity index (χ3n) is 7.84. The van der Waals surface area contributed by atoms with Crippen molar-refractivity contribution in [2.24, 2.45) is 0 Å². The largest absolute Gasteiger partial charge is 0.300 e. The lowest BCUT2D eigenvalue weighted by atomic mass is 10.0.